The van der Waals surface area contributed by atoms with Crippen molar-refractivity contribution in [1.82, 2.24) is 4.98 Å². The topological polar surface area (TPSA) is 47.0 Å². The number of benzene rings is 1. The molecule has 0 N–H and O–H groups in total. The first-order chi connectivity index (χ1) is 8.68. The molecule has 0 unspecified atom stereocenters. The molecular formula is C13H15NO2S2. The summed E-state index contributed by atoms with van der Waals surface area (Å²) in [5.74, 6) is 0. The maximum absolute atomic E-state index is 12.5. The summed E-state index contributed by atoms with van der Waals surface area (Å²) in [6.45, 7) is 0. The summed E-state index contributed by atoms with van der Waals surface area (Å²) < 4.78 is 26.3. The molecule has 96 valence electrons. The number of rotatable bonds is 2. The van der Waals surface area contributed by atoms with Crippen molar-refractivity contribution < 1.29 is 8.42 Å². The number of nitrogens with zero attached hydrogens (tertiary/aromatic N) is 1. The molecule has 2 aromatic rings. The molecule has 5 heteroatoms. The van der Waals surface area contributed by atoms with Crippen LogP contribution in [-0.2, 0) is 9.84 Å². The minimum Gasteiger partial charge on any atom is -0.225 e. The van der Waals surface area contributed by atoms with Gasteiger partial charge in [0.05, 0.1) is 15.5 Å². The average Bonchev–Trinajstić information content (AvgIpc) is 2.84. The highest BCUT2D eigenvalue weighted by Crippen LogP contribution is 2.32. The van der Waals surface area contributed by atoms with Crippen LogP contribution < -0.4 is 0 Å². The Morgan fingerprint density at radius 3 is 2.56 bits per heavy atom. The van der Waals surface area contributed by atoms with Gasteiger partial charge in [0.25, 0.3) is 0 Å². The molecule has 1 aromatic carbocycles. The van der Waals surface area contributed by atoms with Gasteiger partial charge in [-0.15, -0.1) is 11.3 Å². The Morgan fingerprint density at radius 1 is 1.11 bits per heavy atom. The molecule has 1 saturated carbocycles. The maximum atomic E-state index is 12.5. The number of fused-ring (bicyclic) bond motifs is 1. The lowest BCUT2D eigenvalue weighted by Gasteiger charge is -2.20. The Hall–Kier alpha value is -0.940. The molecule has 18 heavy (non-hydrogen) atoms. The molecular weight excluding hydrogens is 266 g/mol. The smallest absolute Gasteiger partial charge is 0.210 e. The molecule has 1 fully saturated rings. The first kappa shape index (κ1) is 12.1. The normalized spacial score (nSPS) is 18.2. The van der Waals surface area contributed by atoms with Crippen molar-refractivity contribution in [1.29, 1.82) is 0 Å². The molecule has 1 aromatic heterocycles. The van der Waals surface area contributed by atoms with Crippen molar-refractivity contribution in [2.75, 3.05) is 0 Å². The van der Waals surface area contributed by atoms with Gasteiger partial charge in [-0.05, 0) is 25.0 Å². The molecule has 0 spiro atoms. The fourth-order valence-corrected chi connectivity index (χ4v) is 5.79. The number of aromatic nitrogens is 1. The number of hydrogen-bond acceptors (Lipinski definition) is 4. The molecule has 1 heterocycles. The Labute approximate surface area is 111 Å². The largest absolute Gasteiger partial charge is 0.225 e. The van der Waals surface area contributed by atoms with Crippen molar-refractivity contribution in [3.8, 4) is 0 Å². The predicted octanol–water partition coefficient (Wildman–Crippen LogP) is 3.40. The highest BCUT2D eigenvalue weighted by atomic mass is 32.2. The van der Waals surface area contributed by atoms with E-state index in [4.69, 9.17) is 0 Å². The highest BCUT2D eigenvalue weighted by Gasteiger charge is 2.31. The zero-order chi connectivity index (χ0) is 12.6. The lowest BCUT2D eigenvalue weighted by Crippen LogP contribution is -2.23. The number of para-hydroxylation sites is 1. The van der Waals surface area contributed by atoms with Crippen molar-refractivity contribution in [3.05, 3.63) is 24.3 Å². The van der Waals surface area contributed by atoms with Gasteiger partial charge < -0.3 is 0 Å². The van der Waals surface area contributed by atoms with Gasteiger partial charge in [-0.1, -0.05) is 31.4 Å². The second-order valence-electron chi connectivity index (χ2n) is 4.75. The van der Waals surface area contributed by atoms with Crippen LogP contribution in [0.4, 0.5) is 0 Å². The van der Waals surface area contributed by atoms with Crippen LogP contribution in [-0.4, -0.2) is 18.7 Å². The molecule has 0 radical (unpaired) electrons. The zero-order valence-electron chi connectivity index (χ0n) is 10.0. The van der Waals surface area contributed by atoms with Crippen LogP contribution in [0.3, 0.4) is 0 Å². The highest BCUT2D eigenvalue weighted by molar-refractivity contribution is 7.94. The third-order valence-corrected chi connectivity index (χ3v) is 7.21. The van der Waals surface area contributed by atoms with E-state index in [-0.39, 0.29) is 5.25 Å². The van der Waals surface area contributed by atoms with E-state index in [1.807, 2.05) is 24.3 Å². The molecule has 1 aliphatic rings. The van der Waals surface area contributed by atoms with Crippen LogP contribution in [0.2, 0.25) is 0 Å². The minimum atomic E-state index is -3.22. The Kier molecular flexibility index (Phi) is 3.11. The maximum Gasteiger partial charge on any atom is 0.210 e. The molecule has 3 rings (SSSR count). The van der Waals surface area contributed by atoms with Gasteiger partial charge in [0, 0.05) is 0 Å². The summed E-state index contributed by atoms with van der Waals surface area (Å²) in [6.07, 6.45) is 4.78. The van der Waals surface area contributed by atoms with Gasteiger partial charge in [0.15, 0.2) is 0 Å². The van der Waals surface area contributed by atoms with Crippen LogP contribution in [0.25, 0.3) is 10.2 Å². The van der Waals surface area contributed by atoms with Gasteiger partial charge >= 0.3 is 0 Å². The molecule has 0 amide bonds. The second kappa shape index (κ2) is 4.63. The third-order valence-electron chi connectivity index (χ3n) is 3.51. The van der Waals surface area contributed by atoms with E-state index < -0.39 is 9.84 Å². The average molecular weight is 281 g/mol. The monoisotopic (exact) mass is 281 g/mol. The Balaban J connectivity index is 2.01. The van der Waals surface area contributed by atoms with Gasteiger partial charge in [0.2, 0.25) is 14.2 Å². The summed E-state index contributed by atoms with van der Waals surface area (Å²) in [4.78, 5) is 4.29. The fourth-order valence-electron chi connectivity index (χ4n) is 2.49. The van der Waals surface area contributed by atoms with Crippen LogP contribution in [0.1, 0.15) is 32.1 Å². The molecule has 0 bridgehead atoms. The SMILES string of the molecule is O=S(=O)(c1nc2ccccc2s1)C1CCCCC1. The van der Waals surface area contributed by atoms with Crippen molar-refractivity contribution in [2.24, 2.45) is 0 Å². The van der Waals surface area contributed by atoms with Crippen molar-refractivity contribution >= 4 is 31.4 Å². The molecule has 3 nitrogen and oxygen atoms in total. The first-order valence-corrected chi connectivity index (χ1v) is 8.64. The Morgan fingerprint density at radius 2 is 1.83 bits per heavy atom. The van der Waals surface area contributed by atoms with E-state index in [0.29, 0.717) is 4.34 Å². The van der Waals surface area contributed by atoms with E-state index in [2.05, 4.69) is 4.98 Å². The van der Waals surface area contributed by atoms with Crippen LogP contribution in [0, 0.1) is 0 Å². The minimum absolute atomic E-state index is 0.216. The van der Waals surface area contributed by atoms with Crippen molar-refractivity contribution in [3.63, 3.8) is 0 Å². The lowest BCUT2D eigenvalue weighted by molar-refractivity contribution is 0.483. The number of hydrogen-bond donors (Lipinski definition) is 0. The second-order valence-corrected chi connectivity index (χ2v) is 8.18. The predicted molar refractivity (Wildman–Crippen MR) is 73.7 cm³/mol. The zero-order valence-corrected chi connectivity index (χ0v) is 11.6. The number of sulfone groups is 1. The quantitative estimate of drug-likeness (QED) is 0.847. The fraction of sp³-hybridized carbons (Fsp3) is 0.462. The molecule has 0 atom stereocenters. The van der Waals surface area contributed by atoms with E-state index in [9.17, 15) is 8.42 Å². The summed E-state index contributed by atoms with van der Waals surface area (Å²) in [5.41, 5.74) is 0.789. The van der Waals surface area contributed by atoms with E-state index in [1.165, 1.54) is 11.3 Å². The van der Waals surface area contributed by atoms with Crippen molar-refractivity contribution in [2.45, 2.75) is 41.7 Å². The molecule has 0 saturated heterocycles. The molecule has 1 aliphatic carbocycles. The van der Waals surface area contributed by atoms with Crippen LogP contribution in [0.15, 0.2) is 28.6 Å². The van der Waals surface area contributed by atoms with Gasteiger partial charge in [0.1, 0.15) is 0 Å². The molecule has 0 aliphatic heterocycles. The van der Waals surface area contributed by atoms with Gasteiger partial charge in [-0.3, -0.25) is 0 Å². The summed E-state index contributed by atoms with van der Waals surface area (Å²) in [6, 6.07) is 7.59. The lowest BCUT2D eigenvalue weighted by atomic mass is 10.0. The summed E-state index contributed by atoms with van der Waals surface area (Å²) >= 11 is 1.30. The van der Waals surface area contributed by atoms with Gasteiger partial charge in [-0.2, -0.15) is 0 Å². The van der Waals surface area contributed by atoms with Crippen LogP contribution >= 0.6 is 11.3 Å². The van der Waals surface area contributed by atoms with E-state index in [0.717, 1.165) is 42.3 Å². The third kappa shape index (κ3) is 2.06. The van der Waals surface area contributed by atoms with Crippen LogP contribution in [0.5, 0.6) is 0 Å². The number of thiazole rings is 1. The Bertz CT molecular complexity index is 621. The standard InChI is InChI=1S/C13H15NO2S2/c15-18(16,10-6-2-1-3-7-10)13-14-11-8-4-5-9-12(11)17-13/h4-5,8-10H,1-3,6-7H2. The van der Waals surface area contributed by atoms with E-state index >= 15 is 0 Å². The first-order valence-electron chi connectivity index (χ1n) is 6.27. The van der Waals surface area contributed by atoms with Gasteiger partial charge in [-0.25, -0.2) is 13.4 Å². The van der Waals surface area contributed by atoms with E-state index in [1.54, 1.807) is 0 Å². The summed E-state index contributed by atoms with van der Waals surface area (Å²) in [5, 5.41) is -0.216. The summed E-state index contributed by atoms with van der Waals surface area (Å²) in [7, 11) is -3.22.